The van der Waals surface area contributed by atoms with Crippen molar-refractivity contribution in [3.63, 3.8) is 0 Å². The predicted molar refractivity (Wildman–Crippen MR) is 85.4 cm³/mol. The highest BCUT2D eigenvalue weighted by Gasteiger charge is 2.64. The van der Waals surface area contributed by atoms with Gasteiger partial charge in [-0.05, 0) is 45.4 Å². The quantitative estimate of drug-likeness (QED) is 0.486. The second-order valence-electron chi connectivity index (χ2n) is 6.30. The van der Waals surface area contributed by atoms with Gasteiger partial charge in [-0.2, -0.15) is 0 Å². The zero-order valence-corrected chi connectivity index (χ0v) is 13.8. The SMILES string of the molecule is CC1(C)C(CNc2ccc([N+](=O)[O-])cc2I)C1(C)C. The second-order valence-corrected chi connectivity index (χ2v) is 7.46. The summed E-state index contributed by atoms with van der Waals surface area (Å²) in [6.07, 6.45) is 0. The number of benzene rings is 1. The normalized spacial score (nSPS) is 20.1. The third kappa shape index (κ3) is 2.44. The van der Waals surface area contributed by atoms with Crippen LogP contribution in [0, 0.1) is 30.4 Å². The Morgan fingerprint density at radius 2 is 1.89 bits per heavy atom. The number of nitrogens with one attached hydrogen (secondary N) is 1. The molecule has 0 atom stereocenters. The number of hydrogen-bond acceptors (Lipinski definition) is 3. The van der Waals surface area contributed by atoms with Crippen molar-refractivity contribution < 1.29 is 4.92 Å². The van der Waals surface area contributed by atoms with Crippen LogP contribution < -0.4 is 5.32 Å². The first-order chi connectivity index (χ1) is 8.68. The van der Waals surface area contributed by atoms with Crippen molar-refractivity contribution >= 4 is 34.0 Å². The van der Waals surface area contributed by atoms with Gasteiger partial charge in [-0.3, -0.25) is 10.1 Å². The Bertz CT molecular complexity index is 512. The van der Waals surface area contributed by atoms with Gasteiger partial charge in [0.2, 0.25) is 0 Å². The molecule has 4 nitrogen and oxygen atoms in total. The molecule has 0 aromatic heterocycles. The molecule has 0 bridgehead atoms. The number of non-ortho nitro benzene ring substituents is 1. The van der Waals surface area contributed by atoms with Crippen LogP contribution in [-0.2, 0) is 0 Å². The van der Waals surface area contributed by atoms with Crippen molar-refractivity contribution in [2.75, 3.05) is 11.9 Å². The molecular formula is C14H19IN2O2. The molecular weight excluding hydrogens is 355 g/mol. The molecule has 1 fully saturated rings. The summed E-state index contributed by atoms with van der Waals surface area (Å²) in [5.41, 5.74) is 1.82. The Morgan fingerprint density at radius 3 is 2.32 bits per heavy atom. The molecule has 0 heterocycles. The minimum atomic E-state index is -0.362. The van der Waals surface area contributed by atoms with E-state index < -0.39 is 0 Å². The van der Waals surface area contributed by atoms with Crippen LogP contribution in [0.4, 0.5) is 11.4 Å². The van der Waals surface area contributed by atoms with Crippen LogP contribution in [0.15, 0.2) is 18.2 Å². The maximum Gasteiger partial charge on any atom is 0.270 e. The molecule has 1 N–H and O–H groups in total. The van der Waals surface area contributed by atoms with Crippen LogP contribution in [0.2, 0.25) is 0 Å². The minimum Gasteiger partial charge on any atom is -0.384 e. The molecule has 0 aliphatic heterocycles. The zero-order chi connectivity index (χ0) is 14.4. The van der Waals surface area contributed by atoms with Crippen LogP contribution in [0.25, 0.3) is 0 Å². The Kier molecular flexibility index (Phi) is 3.53. The summed E-state index contributed by atoms with van der Waals surface area (Å²) in [6, 6.07) is 4.95. The molecule has 104 valence electrons. The Labute approximate surface area is 127 Å². The van der Waals surface area contributed by atoms with E-state index in [0.29, 0.717) is 16.7 Å². The fraction of sp³-hybridized carbons (Fsp3) is 0.571. The molecule has 1 aliphatic carbocycles. The lowest BCUT2D eigenvalue weighted by Crippen LogP contribution is -2.09. The molecule has 1 aromatic carbocycles. The summed E-state index contributed by atoms with van der Waals surface area (Å²) in [4.78, 5) is 10.3. The Morgan fingerprint density at radius 1 is 1.32 bits per heavy atom. The highest BCUT2D eigenvalue weighted by Crippen LogP contribution is 2.68. The number of nitrogens with zero attached hydrogens (tertiary/aromatic N) is 1. The van der Waals surface area contributed by atoms with Crippen molar-refractivity contribution in [3.8, 4) is 0 Å². The van der Waals surface area contributed by atoms with E-state index in [2.05, 4.69) is 55.6 Å². The van der Waals surface area contributed by atoms with Gasteiger partial charge in [0.25, 0.3) is 5.69 Å². The first kappa shape index (κ1) is 14.6. The third-order valence-corrected chi connectivity index (χ3v) is 5.87. The molecule has 1 saturated carbocycles. The molecule has 1 aromatic rings. The number of hydrogen-bond donors (Lipinski definition) is 1. The van der Waals surface area contributed by atoms with E-state index in [1.54, 1.807) is 18.2 Å². The average Bonchev–Trinajstić information content (AvgIpc) is 2.68. The van der Waals surface area contributed by atoms with E-state index in [-0.39, 0.29) is 10.6 Å². The van der Waals surface area contributed by atoms with Crippen LogP contribution in [0.3, 0.4) is 0 Å². The van der Waals surface area contributed by atoms with Crippen molar-refractivity contribution in [2.24, 2.45) is 16.7 Å². The van der Waals surface area contributed by atoms with Gasteiger partial charge in [-0.15, -0.1) is 0 Å². The van der Waals surface area contributed by atoms with Crippen LogP contribution >= 0.6 is 22.6 Å². The van der Waals surface area contributed by atoms with Crippen LogP contribution in [-0.4, -0.2) is 11.5 Å². The first-order valence-electron chi connectivity index (χ1n) is 6.35. The zero-order valence-electron chi connectivity index (χ0n) is 11.7. The average molecular weight is 374 g/mol. The second kappa shape index (κ2) is 4.61. The highest BCUT2D eigenvalue weighted by molar-refractivity contribution is 14.1. The summed E-state index contributed by atoms with van der Waals surface area (Å²) in [5, 5.41) is 14.1. The molecule has 19 heavy (non-hydrogen) atoms. The summed E-state index contributed by atoms with van der Waals surface area (Å²) in [5.74, 6) is 0.631. The van der Waals surface area contributed by atoms with Gasteiger partial charge in [-0.25, -0.2) is 0 Å². The number of anilines is 1. The standard InChI is InChI=1S/C14H19IN2O2/c1-13(2)12(14(13,3)4)8-16-11-6-5-9(17(18)19)7-10(11)15/h5-7,12,16H,8H2,1-4H3. The van der Waals surface area contributed by atoms with Gasteiger partial charge in [0.05, 0.1) is 4.92 Å². The van der Waals surface area contributed by atoms with Crippen molar-refractivity contribution in [2.45, 2.75) is 27.7 Å². The van der Waals surface area contributed by atoms with E-state index in [4.69, 9.17) is 0 Å². The third-order valence-electron chi connectivity index (χ3n) is 4.98. The summed E-state index contributed by atoms with van der Waals surface area (Å²) in [7, 11) is 0. The smallest absolute Gasteiger partial charge is 0.270 e. The maximum absolute atomic E-state index is 10.7. The maximum atomic E-state index is 10.7. The molecule has 0 unspecified atom stereocenters. The molecule has 1 aliphatic rings. The van der Waals surface area contributed by atoms with E-state index in [1.165, 1.54) is 0 Å². The predicted octanol–water partition coefficient (Wildman–Crippen LogP) is 4.29. The van der Waals surface area contributed by atoms with Gasteiger partial charge in [0.1, 0.15) is 0 Å². The van der Waals surface area contributed by atoms with E-state index in [0.717, 1.165) is 15.8 Å². The van der Waals surface area contributed by atoms with Gasteiger partial charge in [-0.1, -0.05) is 27.7 Å². The van der Waals surface area contributed by atoms with Crippen molar-refractivity contribution in [3.05, 3.63) is 31.9 Å². The first-order valence-corrected chi connectivity index (χ1v) is 7.43. The Balaban J connectivity index is 2.04. The lowest BCUT2D eigenvalue weighted by atomic mass is 10.0. The largest absolute Gasteiger partial charge is 0.384 e. The lowest BCUT2D eigenvalue weighted by Gasteiger charge is -2.09. The topological polar surface area (TPSA) is 55.2 Å². The number of rotatable bonds is 4. The molecule has 0 amide bonds. The summed E-state index contributed by atoms with van der Waals surface area (Å²) < 4.78 is 0.892. The van der Waals surface area contributed by atoms with E-state index in [9.17, 15) is 10.1 Å². The number of nitro groups is 1. The highest BCUT2D eigenvalue weighted by atomic mass is 127. The van der Waals surface area contributed by atoms with Gasteiger partial charge >= 0.3 is 0 Å². The van der Waals surface area contributed by atoms with Gasteiger partial charge < -0.3 is 5.32 Å². The molecule has 5 heteroatoms. The van der Waals surface area contributed by atoms with Crippen molar-refractivity contribution in [1.29, 1.82) is 0 Å². The van der Waals surface area contributed by atoms with E-state index in [1.807, 2.05) is 0 Å². The summed E-state index contributed by atoms with van der Waals surface area (Å²) >= 11 is 2.14. The molecule has 0 saturated heterocycles. The molecule has 0 spiro atoms. The minimum absolute atomic E-state index is 0.141. The number of nitro benzene ring substituents is 1. The van der Waals surface area contributed by atoms with E-state index >= 15 is 0 Å². The fourth-order valence-corrected chi connectivity index (χ4v) is 3.51. The lowest BCUT2D eigenvalue weighted by molar-refractivity contribution is -0.384. The van der Waals surface area contributed by atoms with Gasteiger partial charge in [0, 0.05) is 27.9 Å². The fourth-order valence-electron chi connectivity index (χ4n) is 2.82. The monoisotopic (exact) mass is 374 g/mol. The van der Waals surface area contributed by atoms with Crippen molar-refractivity contribution in [1.82, 2.24) is 0 Å². The Hall–Kier alpha value is -0.850. The van der Waals surface area contributed by atoms with Crippen LogP contribution in [0.1, 0.15) is 27.7 Å². The van der Waals surface area contributed by atoms with Gasteiger partial charge in [0.15, 0.2) is 0 Å². The molecule has 2 rings (SSSR count). The number of halogens is 1. The van der Waals surface area contributed by atoms with Crippen LogP contribution in [0.5, 0.6) is 0 Å². The molecule has 0 radical (unpaired) electrons. The summed E-state index contributed by atoms with van der Waals surface area (Å²) in [6.45, 7) is 10.1.